The first-order valence-electron chi connectivity index (χ1n) is 9.06. The minimum absolute atomic E-state index is 0.149. The van der Waals surface area contributed by atoms with E-state index in [2.05, 4.69) is 15.2 Å². The maximum Gasteiger partial charge on any atom is 0.332 e. The first-order valence-corrected chi connectivity index (χ1v) is 9.06. The Kier molecular flexibility index (Phi) is 4.14. The van der Waals surface area contributed by atoms with Crippen LogP contribution in [-0.2, 0) is 14.1 Å². The lowest BCUT2D eigenvalue weighted by Gasteiger charge is -2.32. The summed E-state index contributed by atoms with van der Waals surface area (Å²) in [6.07, 6.45) is 5.92. The lowest BCUT2D eigenvalue weighted by Crippen LogP contribution is -2.45. The number of rotatable bonds is 3. The van der Waals surface area contributed by atoms with Gasteiger partial charge in [0.15, 0.2) is 0 Å². The molecule has 1 saturated carbocycles. The molecule has 26 heavy (non-hydrogen) atoms. The molecule has 4 rings (SSSR count). The number of aryl methyl sites for hydroxylation is 1. The highest BCUT2D eigenvalue weighted by Gasteiger charge is 2.32. The molecule has 0 radical (unpaired) electrons. The van der Waals surface area contributed by atoms with Crippen LogP contribution < -0.4 is 16.6 Å². The van der Waals surface area contributed by atoms with Crippen LogP contribution in [0.4, 0.5) is 0 Å². The fourth-order valence-corrected chi connectivity index (χ4v) is 3.71. The van der Waals surface area contributed by atoms with Crippen LogP contribution in [0.2, 0.25) is 0 Å². The van der Waals surface area contributed by atoms with E-state index in [1.54, 1.807) is 7.05 Å². The Labute approximate surface area is 150 Å². The van der Waals surface area contributed by atoms with Gasteiger partial charge in [-0.05, 0) is 31.7 Å². The van der Waals surface area contributed by atoms with Gasteiger partial charge < -0.3 is 10.2 Å². The quantitative estimate of drug-likeness (QED) is 0.835. The summed E-state index contributed by atoms with van der Waals surface area (Å²) in [4.78, 5) is 43.6. The minimum atomic E-state index is -0.442. The summed E-state index contributed by atoms with van der Waals surface area (Å²) in [6.45, 7) is 2.04. The number of amides is 1. The Morgan fingerprint density at radius 2 is 1.81 bits per heavy atom. The van der Waals surface area contributed by atoms with Crippen LogP contribution in [0.3, 0.4) is 0 Å². The number of likely N-dealkylation sites (tertiary alicyclic amines) is 1. The maximum atomic E-state index is 12.6. The third-order valence-electron chi connectivity index (χ3n) is 5.48. The zero-order valence-electron chi connectivity index (χ0n) is 15.1. The van der Waals surface area contributed by atoms with Crippen molar-refractivity contribution in [2.24, 2.45) is 14.1 Å². The van der Waals surface area contributed by atoms with E-state index in [0.29, 0.717) is 5.56 Å². The Morgan fingerprint density at radius 3 is 2.46 bits per heavy atom. The minimum Gasteiger partial charge on any atom is -0.349 e. The van der Waals surface area contributed by atoms with Gasteiger partial charge in [0, 0.05) is 45.5 Å². The van der Waals surface area contributed by atoms with Gasteiger partial charge >= 0.3 is 5.69 Å². The molecule has 1 amide bonds. The van der Waals surface area contributed by atoms with Crippen LogP contribution in [0.25, 0.3) is 11.0 Å². The van der Waals surface area contributed by atoms with E-state index in [1.807, 2.05) is 0 Å². The van der Waals surface area contributed by atoms with Gasteiger partial charge in [0.2, 0.25) is 0 Å². The molecule has 2 fully saturated rings. The summed E-state index contributed by atoms with van der Waals surface area (Å²) in [5.74, 6) is -0.222. The number of piperidine rings is 1. The van der Waals surface area contributed by atoms with E-state index in [9.17, 15) is 14.4 Å². The van der Waals surface area contributed by atoms with Gasteiger partial charge in [0.1, 0.15) is 5.65 Å². The molecule has 0 bridgehead atoms. The van der Waals surface area contributed by atoms with E-state index < -0.39 is 11.2 Å². The highest BCUT2D eigenvalue weighted by atomic mass is 16.2. The molecule has 3 heterocycles. The largest absolute Gasteiger partial charge is 0.349 e. The second-order valence-corrected chi connectivity index (χ2v) is 7.32. The van der Waals surface area contributed by atoms with Crippen molar-refractivity contribution in [3.63, 3.8) is 0 Å². The molecule has 2 aromatic heterocycles. The molecule has 1 aliphatic heterocycles. The van der Waals surface area contributed by atoms with Crippen molar-refractivity contribution in [1.82, 2.24) is 24.3 Å². The standard InChI is InChI=1S/C18H23N5O3/c1-21-15-14(17(25)22(2)18(21)26)9-11(10-19-15)16(24)20-12-5-7-23(8-6-12)13-3-4-13/h9-10,12-13H,3-8H2,1-2H3,(H,20,24). The average molecular weight is 357 g/mol. The Hall–Kier alpha value is -2.48. The van der Waals surface area contributed by atoms with Gasteiger partial charge in [-0.1, -0.05) is 0 Å². The molecule has 0 atom stereocenters. The molecule has 0 spiro atoms. The van der Waals surface area contributed by atoms with Gasteiger partial charge in [-0.25, -0.2) is 9.78 Å². The molecule has 1 N–H and O–H groups in total. The topological polar surface area (TPSA) is 89.2 Å². The number of fused-ring (bicyclic) bond motifs is 1. The number of carbonyl (C=O) groups is 1. The molecule has 1 aliphatic carbocycles. The van der Waals surface area contributed by atoms with Crippen molar-refractivity contribution < 1.29 is 4.79 Å². The fraction of sp³-hybridized carbons (Fsp3) is 0.556. The van der Waals surface area contributed by atoms with Crippen LogP contribution >= 0.6 is 0 Å². The number of hydrogen-bond acceptors (Lipinski definition) is 5. The van der Waals surface area contributed by atoms with Crippen LogP contribution in [0.15, 0.2) is 21.9 Å². The predicted octanol–water partition coefficient (Wildman–Crippen LogP) is -0.0112. The van der Waals surface area contributed by atoms with Gasteiger partial charge in [-0.2, -0.15) is 0 Å². The van der Waals surface area contributed by atoms with Gasteiger partial charge in [0.25, 0.3) is 11.5 Å². The van der Waals surface area contributed by atoms with Gasteiger partial charge in [-0.15, -0.1) is 0 Å². The number of carbonyl (C=O) groups excluding carboxylic acids is 1. The molecule has 1 saturated heterocycles. The molecule has 138 valence electrons. The molecule has 8 heteroatoms. The fourth-order valence-electron chi connectivity index (χ4n) is 3.71. The number of nitrogens with one attached hydrogen (secondary N) is 1. The SMILES string of the molecule is Cn1c(=O)c2cc(C(=O)NC3CCN(C4CC4)CC3)cnc2n(C)c1=O. The third-order valence-corrected chi connectivity index (χ3v) is 5.48. The molecule has 8 nitrogen and oxygen atoms in total. The zero-order chi connectivity index (χ0) is 18.4. The summed E-state index contributed by atoms with van der Waals surface area (Å²) < 4.78 is 2.34. The smallest absolute Gasteiger partial charge is 0.332 e. The summed E-state index contributed by atoms with van der Waals surface area (Å²) >= 11 is 0. The maximum absolute atomic E-state index is 12.6. The Bertz CT molecular complexity index is 981. The summed E-state index contributed by atoms with van der Waals surface area (Å²) in [7, 11) is 2.98. The molecule has 2 aliphatic rings. The van der Waals surface area contributed by atoms with Crippen molar-refractivity contribution in [1.29, 1.82) is 0 Å². The van der Waals surface area contributed by atoms with Crippen LogP contribution in [0.5, 0.6) is 0 Å². The number of pyridine rings is 1. The average Bonchev–Trinajstić information content (AvgIpc) is 3.50. The first kappa shape index (κ1) is 17.0. The monoisotopic (exact) mass is 357 g/mol. The number of aromatic nitrogens is 3. The Balaban J connectivity index is 1.54. The lowest BCUT2D eigenvalue weighted by atomic mass is 10.0. The van der Waals surface area contributed by atoms with Crippen LogP contribution in [0, 0.1) is 0 Å². The molecule has 0 aromatic carbocycles. The summed E-state index contributed by atoms with van der Waals surface area (Å²) in [5.41, 5.74) is -0.247. The van der Waals surface area contributed by atoms with E-state index in [4.69, 9.17) is 0 Å². The molecular weight excluding hydrogens is 334 g/mol. The Morgan fingerprint density at radius 1 is 1.12 bits per heavy atom. The van der Waals surface area contributed by atoms with E-state index in [1.165, 1.54) is 36.7 Å². The highest BCUT2D eigenvalue weighted by Crippen LogP contribution is 2.29. The van der Waals surface area contributed by atoms with E-state index >= 15 is 0 Å². The second-order valence-electron chi connectivity index (χ2n) is 7.32. The van der Waals surface area contributed by atoms with Crippen molar-refractivity contribution in [2.75, 3.05) is 13.1 Å². The van der Waals surface area contributed by atoms with Crippen molar-refractivity contribution in [2.45, 2.75) is 37.8 Å². The number of hydrogen-bond donors (Lipinski definition) is 1. The van der Waals surface area contributed by atoms with E-state index in [-0.39, 0.29) is 23.0 Å². The molecular formula is C18H23N5O3. The number of nitrogens with zero attached hydrogens (tertiary/aromatic N) is 4. The molecule has 2 aromatic rings. The summed E-state index contributed by atoms with van der Waals surface area (Å²) in [6, 6.07) is 2.44. The van der Waals surface area contributed by atoms with Crippen molar-refractivity contribution >= 4 is 16.9 Å². The lowest BCUT2D eigenvalue weighted by molar-refractivity contribution is 0.0909. The van der Waals surface area contributed by atoms with E-state index in [0.717, 1.165) is 36.5 Å². The normalized spacial score (nSPS) is 19.0. The summed E-state index contributed by atoms with van der Waals surface area (Å²) in [5, 5.41) is 3.33. The van der Waals surface area contributed by atoms with Crippen molar-refractivity contribution in [3.05, 3.63) is 38.7 Å². The first-order chi connectivity index (χ1) is 12.5. The second kappa shape index (κ2) is 6.35. The van der Waals surface area contributed by atoms with Crippen LogP contribution in [-0.4, -0.2) is 50.1 Å². The van der Waals surface area contributed by atoms with Crippen molar-refractivity contribution in [3.8, 4) is 0 Å². The highest BCUT2D eigenvalue weighted by molar-refractivity contribution is 5.96. The zero-order valence-corrected chi connectivity index (χ0v) is 15.1. The third kappa shape index (κ3) is 2.94. The predicted molar refractivity (Wildman–Crippen MR) is 97.3 cm³/mol. The van der Waals surface area contributed by atoms with Gasteiger partial charge in [-0.3, -0.25) is 18.7 Å². The molecule has 0 unspecified atom stereocenters. The van der Waals surface area contributed by atoms with Crippen LogP contribution in [0.1, 0.15) is 36.0 Å². The van der Waals surface area contributed by atoms with Gasteiger partial charge in [0.05, 0.1) is 10.9 Å².